The van der Waals surface area contributed by atoms with E-state index in [-0.39, 0.29) is 5.56 Å². The topological polar surface area (TPSA) is 58.0 Å². The minimum absolute atomic E-state index is 0.199. The molecule has 1 aliphatic rings. The smallest absolute Gasteiger partial charge is 0.279 e. The number of piperidine rings is 1. The van der Waals surface area contributed by atoms with Crippen LogP contribution in [0.15, 0.2) is 21.6 Å². The van der Waals surface area contributed by atoms with E-state index < -0.39 is 0 Å². The lowest BCUT2D eigenvalue weighted by molar-refractivity contribution is 0.413. The van der Waals surface area contributed by atoms with Gasteiger partial charge in [0.15, 0.2) is 0 Å². The summed E-state index contributed by atoms with van der Waals surface area (Å²) in [6.07, 6.45) is 5.47. The van der Waals surface area contributed by atoms with Crippen LogP contribution in [0.5, 0.6) is 0 Å². The third-order valence-corrected chi connectivity index (χ3v) is 2.00. The number of rotatable bonds is 0. The van der Waals surface area contributed by atoms with Crippen LogP contribution in [0.1, 0.15) is 26.2 Å². The van der Waals surface area contributed by atoms with E-state index in [4.69, 9.17) is 0 Å². The number of hydrogen-bond acceptors (Lipinski definition) is 3. The predicted octanol–water partition coefficient (Wildman–Crippen LogP) is 1.12. The van der Waals surface area contributed by atoms with Gasteiger partial charge in [-0.3, -0.25) is 4.79 Å². The molecule has 4 nitrogen and oxygen atoms in total. The van der Waals surface area contributed by atoms with Crippen molar-refractivity contribution in [1.29, 1.82) is 0 Å². The first kappa shape index (κ1) is 10.1. The summed E-state index contributed by atoms with van der Waals surface area (Å²) in [5.41, 5.74) is -0.199. The van der Waals surface area contributed by atoms with E-state index in [1.807, 2.05) is 0 Å². The van der Waals surface area contributed by atoms with Crippen LogP contribution in [0, 0.1) is 0 Å². The minimum Gasteiger partial charge on any atom is -0.387 e. The molecular formula is C9H16N2O2. The Morgan fingerprint density at radius 1 is 1.54 bits per heavy atom. The van der Waals surface area contributed by atoms with Crippen LogP contribution in [0.3, 0.4) is 0 Å². The van der Waals surface area contributed by atoms with Crippen LogP contribution in [0.2, 0.25) is 0 Å². The Balaban J connectivity index is 0.000000132. The molecule has 1 saturated heterocycles. The van der Waals surface area contributed by atoms with Crippen LogP contribution in [0.25, 0.3) is 0 Å². The third-order valence-electron chi connectivity index (χ3n) is 2.00. The van der Waals surface area contributed by atoms with Crippen molar-refractivity contribution in [1.82, 2.24) is 10.5 Å². The molecule has 0 amide bonds. The molecule has 1 aromatic rings. The maximum Gasteiger partial charge on any atom is 0.279 e. The van der Waals surface area contributed by atoms with Gasteiger partial charge in [-0.1, -0.05) is 6.42 Å². The van der Waals surface area contributed by atoms with Crippen molar-refractivity contribution in [2.75, 3.05) is 6.54 Å². The average molecular weight is 184 g/mol. The maximum atomic E-state index is 9.92. The Morgan fingerprint density at radius 2 is 2.38 bits per heavy atom. The van der Waals surface area contributed by atoms with Gasteiger partial charge < -0.3 is 9.84 Å². The molecule has 0 radical (unpaired) electrons. The number of nitrogens with one attached hydrogen (secondary N) is 2. The highest BCUT2D eigenvalue weighted by Gasteiger charge is 2.04. The summed E-state index contributed by atoms with van der Waals surface area (Å²) >= 11 is 0. The summed E-state index contributed by atoms with van der Waals surface area (Å²) in [6.45, 7) is 3.49. The third kappa shape index (κ3) is 4.52. The molecule has 1 fully saturated rings. The van der Waals surface area contributed by atoms with Crippen LogP contribution in [-0.2, 0) is 0 Å². The van der Waals surface area contributed by atoms with Crippen molar-refractivity contribution in [3.8, 4) is 0 Å². The van der Waals surface area contributed by atoms with Crippen molar-refractivity contribution in [3.05, 3.63) is 22.7 Å². The number of hydrogen-bond donors (Lipinski definition) is 2. The monoisotopic (exact) mass is 184 g/mol. The number of H-pyrrole nitrogens is 1. The van der Waals surface area contributed by atoms with Gasteiger partial charge in [0.05, 0.1) is 0 Å². The standard InChI is InChI=1S/C6H13N.C3H3NO2/c1-6-4-2-3-5-7-6;5-3-1-2-6-4-3/h6-7H,2-5H2,1H3;1-2H,(H,4,5). The van der Waals surface area contributed by atoms with Crippen molar-refractivity contribution in [3.63, 3.8) is 0 Å². The van der Waals surface area contributed by atoms with Gasteiger partial charge in [-0.25, -0.2) is 0 Å². The van der Waals surface area contributed by atoms with Gasteiger partial charge in [-0.15, -0.1) is 0 Å². The highest BCUT2D eigenvalue weighted by molar-refractivity contribution is 4.71. The zero-order valence-corrected chi connectivity index (χ0v) is 7.88. The first-order valence-corrected chi connectivity index (χ1v) is 4.64. The van der Waals surface area contributed by atoms with Crippen molar-refractivity contribution in [2.24, 2.45) is 0 Å². The second kappa shape index (κ2) is 5.59. The highest BCUT2D eigenvalue weighted by atomic mass is 16.5. The van der Waals surface area contributed by atoms with E-state index in [9.17, 15) is 4.79 Å². The molecule has 0 aromatic carbocycles. The quantitative estimate of drug-likeness (QED) is 0.635. The normalized spacial score (nSPS) is 21.8. The Hall–Kier alpha value is -1.03. The van der Waals surface area contributed by atoms with Crippen molar-refractivity contribution in [2.45, 2.75) is 32.2 Å². The molecule has 0 spiro atoms. The highest BCUT2D eigenvalue weighted by Crippen LogP contribution is 2.04. The molecule has 0 aliphatic carbocycles. The first-order valence-electron chi connectivity index (χ1n) is 4.64. The Kier molecular flexibility index (Phi) is 4.32. The Morgan fingerprint density at radius 3 is 2.62 bits per heavy atom. The molecule has 1 aromatic heterocycles. The fourth-order valence-corrected chi connectivity index (χ4v) is 1.25. The molecule has 13 heavy (non-hydrogen) atoms. The van der Waals surface area contributed by atoms with E-state index in [2.05, 4.69) is 21.9 Å². The van der Waals surface area contributed by atoms with Gasteiger partial charge in [0.1, 0.15) is 6.26 Å². The van der Waals surface area contributed by atoms with Gasteiger partial charge >= 0.3 is 0 Å². The molecule has 0 saturated carbocycles. The molecule has 1 aliphatic heterocycles. The van der Waals surface area contributed by atoms with E-state index in [1.165, 1.54) is 38.1 Å². The van der Waals surface area contributed by atoms with Crippen LogP contribution in [-0.4, -0.2) is 17.7 Å². The molecule has 2 rings (SSSR count). The van der Waals surface area contributed by atoms with Gasteiger partial charge in [0.2, 0.25) is 0 Å². The van der Waals surface area contributed by atoms with Gasteiger partial charge in [0.25, 0.3) is 5.56 Å². The summed E-state index contributed by atoms with van der Waals surface area (Å²) in [5, 5.41) is 5.45. The average Bonchev–Trinajstić information content (AvgIpc) is 2.58. The second-order valence-corrected chi connectivity index (χ2v) is 3.24. The Bertz CT molecular complexity index is 244. The predicted molar refractivity (Wildman–Crippen MR) is 50.6 cm³/mol. The fourth-order valence-electron chi connectivity index (χ4n) is 1.25. The second-order valence-electron chi connectivity index (χ2n) is 3.24. The minimum atomic E-state index is -0.199. The molecule has 2 N–H and O–H groups in total. The SMILES string of the molecule is CC1CCCCN1.O=c1cco[nH]1. The Labute approximate surface area is 77.3 Å². The lowest BCUT2D eigenvalue weighted by atomic mass is 10.1. The summed E-state index contributed by atoms with van der Waals surface area (Å²) < 4.78 is 4.28. The largest absolute Gasteiger partial charge is 0.387 e. The molecule has 0 bridgehead atoms. The summed E-state index contributed by atoms with van der Waals surface area (Å²) in [5.74, 6) is 0. The van der Waals surface area contributed by atoms with Gasteiger partial charge in [-0.05, 0) is 26.3 Å². The molecule has 4 heteroatoms. The molecular weight excluding hydrogens is 168 g/mol. The van der Waals surface area contributed by atoms with Crippen LogP contribution >= 0.6 is 0 Å². The number of aromatic nitrogens is 1. The van der Waals surface area contributed by atoms with Crippen LogP contribution < -0.4 is 10.9 Å². The zero-order valence-electron chi connectivity index (χ0n) is 7.88. The van der Waals surface area contributed by atoms with Gasteiger partial charge in [-0.2, -0.15) is 5.16 Å². The van der Waals surface area contributed by atoms with E-state index in [0.717, 1.165) is 6.04 Å². The summed E-state index contributed by atoms with van der Waals surface area (Å²) in [4.78, 5) is 9.92. The molecule has 1 atom stereocenters. The molecule has 2 heterocycles. The lowest BCUT2D eigenvalue weighted by Gasteiger charge is -2.18. The maximum absolute atomic E-state index is 9.92. The van der Waals surface area contributed by atoms with E-state index >= 15 is 0 Å². The van der Waals surface area contributed by atoms with E-state index in [0.29, 0.717) is 0 Å². The zero-order chi connectivity index (χ0) is 9.52. The van der Waals surface area contributed by atoms with Gasteiger partial charge in [0, 0.05) is 12.1 Å². The molecule has 74 valence electrons. The van der Waals surface area contributed by atoms with Crippen molar-refractivity contribution < 1.29 is 4.52 Å². The summed E-state index contributed by atoms with van der Waals surface area (Å²) in [7, 11) is 0. The van der Waals surface area contributed by atoms with E-state index in [1.54, 1.807) is 0 Å². The molecule has 1 unspecified atom stereocenters. The van der Waals surface area contributed by atoms with Crippen molar-refractivity contribution >= 4 is 0 Å². The fraction of sp³-hybridized carbons (Fsp3) is 0.667. The first-order chi connectivity index (χ1) is 6.29. The van der Waals surface area contributed by atoms with Crippen LogP contribution in [0.4, 0.5) is 0 Å². The summed E-state index contributed by atoms with van der Waals surface area (Å²) in [6, 6.07) is 2.09. The number of aromatic amines is 1. The lowest BCUT2D eigenvalue weighted by Crippen LogP contribution is -2.30.